The van der Waals surface area contributed by atoms with Gasteiger partial charge in [-0.3, -0.25) is 14.7 Å². The lowest BCUT2D eigenvalue weighted by Crippen LogP contribution is -2.48. The zero-order valence-corrected chi connectivity index (χ0v) is 16.1. The minimum absolute atomic E-state index is 0.0106. The fraction of sp³-hybridized carbons (Fsp3) is 0.650. The lowest BCUT2D eigenvalue weighted by Gasteiger charge is -2.47. The number of pyridine rings is 1. The number of carbonyl (C=O) groups is 1. The van der Waals surface area contributed by atoms with Gasteiger partial charge in [0.2, 0.25) is 11.9 Å². The van der Waals surface area contributed by atoms with E-state index in [9.17, 15) is 18.0 Å². The van der Waals surface area contributed by atoms with Crippen molar-refractivity contribution in [3.8, 4) is 0 Å². The molecular formula is C20H23F3N4O2. The van der Waals surface area contributed by atoms with Crippen LogP contribution in [0.25, 0.3) is 11.2 Å². The summed E-state index contributed by atoms with van der Waals surface area (Å²) in [6.45, 7) is 2.93. The largest absolute Gasteiger partial charge is 0.433 e. The van der Waals surface area contributed by atoms with E-state index in [1.54, 1.807) is 4.57 Å². The van der Waals surface area contributed by atoms with Gasteiger partial charge in [-0.05, 0) is 55.6 Å². The van der Waals surface area contributed by atoms with Crippen molar-refractivity contribution in [3.63, 3.8) is 0 Å². The topological polar surface area (TPSA) is 69.0 Å². The molecule has 3 aliphatic rings. The van der Waals surface area contributed by atoms with E-state index in [0.29, 0.717) is 11.9 Å². The smallest absolute Gasteiger partial charge is 0.377 e. The highest BCUT2D eigenvalue weighted by atomic mass is 19.4. The van der Waals surface area contributed by atoms with Crippen molar-refractivity contribution < 1.29 is 22.7 Å². The van der Waals surface area contributed by atoms with Crippen molar-refractivity contribution in [2.75, 3.05) is 11.9 Å². The Balaban J connectivity index is 1.40. The first-order valence-corrected chi connectivity index (χ1v) is 10.1. The Labute approximate surface area is 165 Å². The van der Waals surface area contributed by atoms with Gasteiger partial charge in [0, 0.05) is 19.1 Å². The van der Waals surface area contributed by atoms with Crippen LogP contribution in [-0.2, 0) is 15.7 Å². The number of amides is 1. The number of carbonyl (C=O) groups excluding carboxylic acids is 1. The summed E-state index contributed by atoms with van der Waals surface area (Å²) in [6, 6.07) is 2.26. The number of ether oxygens (including phenoxy) is 1. The standard InChI is InChI=1S/C20H23F3N4O2/c1-19-7-8-29-16(19)11(10-19)9-15(28)26-18-24-13-5-6-14(20(21,22)23)25-17(13)27(18)12-3-2-4-12/h5-6,11-12,16H,2-4,7-10H2,1H3,(H,24,26,28). The minimum atomic E-state index is -4.52. The van der Waals surface area contributed by atoms with E-state index in [1.807, 2.05) is 0 Å². The van der Waals surface area contributed by atoms with E-state index >= 15 is 0 Å². The number of halogens is 3. The van der Waals surface area contributed by atoms with Crippen LogP contribution >= 0.6 is 0 Å². The third-order valence-electron chi connectivity index (χ3n) is 6.78. The summed E-state index contributed by atoms with van der Waals surface area (Å²) in [7, 11) is 0. The number of hydrogen-bond acceptors (Lipinski definition) is 4. The van der Waals surface area contributed by atoms with Crippen LogP contribution in [0.15, 0.2) is 12.1 Å². The third-order valence-corrected chi connectivity index (χ3v) is 6.78. The molecule has 1 aliphatic heterocycles. The first kappa shape index (κ1) is 18.8. The number of anilines is 1. The van der Waals surface area contributed by atoms with Crippen LogP contribution in [0.4, 0.5) is 19.1 Å². The van der Waals surface area contributed by atoms with Gasteiger partial charge >= 0.3 is 6.18 Å². The summed E-state index contributed by atoms with van der Waals surface area (Å²) in [4.78, 5) is 20.9. The van der Waals surface area contributed by atoms with Crippen LogP contribution in [-0.4, -0.2) is 33.2 Å². The first-order valence-electron chi connectivity index (χ1n) is 10.1. The molecular weight excluding hydrogens is 385 g/mol. The summed E-state index contributed by atoms with van der Waals surface area (Å²) in [5.41, 5.74) is -0.233. The zero-order valence-electron chi connectivity index (χ0n) is 16.1. The van der Waals surface area contributed by atoms with Gasteiger partial charge in [-0.15, -0.1) is 0 Å². The van der Waals surface area contributed by atoms with Crippen molar-refractivity contribution in [1.82, 2.24) is 14.5 Å². The van der Waals surface area contributed by atoms with Gasteiger partial charge < -0.3 is 4.74 Å². The quantitative estimate of drug-likeness (QED) is 0.818. The SMILES string of the molecule is CC12CCOC1C(CC(=O)Nc1nc3ccc(C(F)(F)F)nc3n1C1CCC1)C2. The van der Waals surface area contributed by atoms with Gasteiger partial charge in [-0.25, -0.2) is 9.97 Å². The van der Waals surface area contributed by atoms with Gasteiger partial charge in [0.15, 0.2) is 5.65 Å². The van der Waals surface area contributed by atoms with Gasteiger partial charge in [0.1, 0.15) is 11.2 Å². The highest BCUT2D eigenvalue weighted by Crippen LogP contribution is 2.55. The van der Waals surface area contributed by atoms with Crippen molar-refractivity contribution in [2.24, 2.45) is 11.3 Å². The second-order valence-electron chi connectivity index (χ2n) is 8.84. The van der Waals surface area contributed by atoms with E-state index in [1.165, 1.54) is 6.07 Å². The van der Waals surface area contributed by atoms with Crippen LogP contribution in [0.5, 0.6) is 0 Å². The highest BCUT2D eigenvalue weighted by Gasteiger charge is 2.54. The van der Waals surface area contributed by atoms with Crippen LogP contribution in [0.3, 0.4) is 0 Å². The molecule has 9 heteroatoms. The van der Waals surface area contributed by atoms with Crippen molar-refractivity contribution in [2.45, 2.75) is 63.8 Å². The molecule has 0 bridgehead atoms. The maximum absolute atomic E-state index is 13.1. The number of alkyl halides is 3. The van der Waals surface area contributed by atoms with Crippen molar-refractivity contribution >= 4 is 23.0 Å². The second kappa shape index (κ2) is 6.42. The van der Waals surface area contributed by atoms with Crippen LogP contribution in [0.1, 0.15) is 57.2 Å². The molecule has 2 aromatic heterocycles. The van der Waals surface area contributed by atoms with Crippen LogP contribution < -0.4 is 5.32 Å². The Bertz CT molecular complexity index is 969. The van der Waals surface area contributed by atoms with Crippen molar-refractivity contribution in [1.29, 1.82) is 0 Å². The molecule has 1 amide bonds. The van der Waals surface area contributed by atoms with Gasteiger partial charge in [0.25, 0.3) is 0 Å². The molecule has 3 unspecified atom stereocenters. The average molecular weight is 408 g/mol. The molecule has 0 spiro atoms. The summed E-state index contributed by atoms with van der Waals surface area (Å²) < 4.78 is 46.8. The molecule has 3 fully saturated rings. The Morgan fingerprint density at radius 1 is 1.34 bits per heavy atom. The predicted octanol–water partition coefficient (Wildman–Crippen LogP) is 4.32. The third kappa shape index (κ3) is 3.10. The zero-order chi connectivity index (χ0) is 20.4. The maximum Gasteiger partial charge on any atom is 0.433 e. The summed E-state index contributed by atoms with van der Waals surface area (Å²) in [5.74, 6) is 0.286. The fourth-order valence-electron chi connectivity index (χ4n) is 5.04. The molecule has 1 N–H and O–H groups in total. The number of nitrogens with zero attached hydrogens (tertiary/aromatic N) is 3. The monoisotopic (exact) mass is 408 g/mol. The normalized spacial score (nSPS) is 29.4. The molecule has 2 aliphatic carbocycles. The second-order valence-corrected chi connectivity index (χ2v) is 8.84. The Morgan fingerprint density at radius 2 is 2.14 bits per heavy atom. The number of rotatable bonds is 4. The lowest BCUT2D eigenvalue weighted by molar-refractivity contribution is -0.141. The number of hydrogen-bond donors (Lipinski definition) is 1. The van der Waals surface area contributed by atoms with E-state index in [-0.39, 0.29) is 41.0 Å². The summed E-state index contributed by atoms with van der Waals surface area (Å²) in [6.07, 6.45) is 0.582. The number of aromatic nitrogens is 3. The summed E-state index contributed by atoms with van der Waals surface area (Å²) >= 11 is 0. The Kier molecular flexibility index (Phi) is 4.17. The van der Waals surface area contributed by atoms with Gasteiger partial charge in [-0.2, -0.15) is 13.2 Å². The molecule has 0 radical (unpaired) electrons. The molecule has 1 saturated heterocycles. The van der Waals surface area contributed by atoms with Crippen LogP contribution in [0, 0.1) is 11.3 Å². The molecule has 156 valence electrons. The summed E-state index contributed by atoms with van der Waals surface area (Å²) in [5, 5.41) is 2.83. The number of fused-ring (bicyclic) bond motifs is 2. The van der Waals surface area contributed by atoms with E-state index in [0.717, 1.165) is 44.8 Å². The van der Waals surface area contributed by atoms with E-state index in [4.69, 9.17) is 4.74 Å². The average Bonchev–Trinajstić information content (AvgIpc) is 3.08. The van der Waals surface area contributed by atoms with Gasteiger partial charge in [0.05, 0.1) is 6.10 Å². The first-order chi connectivity index (χ1) is 13.7. The molecule has 0 aromatic carbocycles. The lowest BCUT2D eigenvalue weighted by atomic mass is 9.59. The molecule has 3 heterocycles. The Hall–Kier alpha value is -2.16. The van der Waals surface area contributed by atoms with Crippen LogP contribution in [0.2, 0.25) is 0 Å². The van der Waals surface area contributed by atoms with Crippen molar-refractivity contribution in [3.05, 3.63) is 17.8 Å². The van der Waals surface area contributed by atoms with E-state index in [2.05, 4.69) is 22.2 Å². The maximum atomic E-state index is 13.1. The fourth-order valence-corrected chi connectivity index (χ4v) is 5.04. The van der Waals surface area contributed by atoms with E-state index < -0.39 is 11.9 Å². The highest BCUT2D eigenvalue weighted by molar-refractivity contribution is 5.91. The molecule has 2 saturated carbocycles. The molecule has 29 heavy (non-hydrogen) atoms. The minimum Gasteiger partial charge on any atom is -0.377 e. The molecule has 6 nitrogen and oxygen atoms in total. The molecule has 5 rings (SSSR count). The molecule has 3 atom stereocenters. The van der Waals surface area contributed by atoms with Gasteiger partial charge in [-0.1, -0.05) is 6.92 Å². The number of imidazole rings is 1. The molecule has 2 aromatic rings. The Morgan fingerprint density at radius 3 is 2.79 bits per heavy atom. The number of nitrogens with one attached hydrogen (secondary N) is 1. The predicted molar refractivity (Wildman–Crippen MR) is 99.2 cm³/mol.